The number of aryl methyl sites for hydroxylation is 1. The maximum Gasteiger partial charge on any atom is 0.416 e. The molecule has 0 fully saturated rings. The van der Waals surface area contributed by atoms with Crippen LogP contribution >= 0.6 is 0 Å². The van der Waals surface area contributed by atoms with Crippen LogP contribution in [0.1, 0.15) is 75.3 Å². The van der Waals surface area contributed by atoms with Crippen molar-refractivity contribution in [1.82, 2.24) is 15.6 Å². The number of nitrogens with one attached hydrogen (secondary N) is 2. The third kappa shape index (κ3) is 10.7. The highest BCUT2D eigenvalue weighted by molar-refractivity contribution is 5.87. The third-order valence-electron chi connectivity index (χ3n) is 7.96. The Balaban J connectivity index is 1.36. The van der Waals surface area contributed by atoms with Crippen molar-refractivity contribution in [2.75, 3.05) is 25.1 Å². The van der Waals surface area contributed by atoms with E-state index in [4.69, 9.17) is 9.47 Å². The van der Waals surface area contributed by atoms with Crippen LogP contribution in [0.5, 0.6) is 5.75 Å². The number of nitrogens with zero attached hydrogens (tertiary/aromatic N) is 2. The lowest BCUT2D eigenvalue weighted by atomic mass is 9.85. The second kappa shape index (κ2) is 16.3. The van der Waals surface area contributed by atoms with Crippen molar-refractivity contribution in [3.8, 4) is 16.9 Å². The molecule has 1 unspecified atom stereocenters. The van der Waals surface area contributed by atoms with Gasteiger partial charge in [-0.2, -0.15) is 0 Å². The van der Waals surface area contributed by atoms with E-state index in [2.05, 4.69) is 34.7 Å². The summed E-state index contributed by atoms with van der Waals surface area (Å²) in [7, 11) is 1.28. The average molecular weight is 671 g/mol. The fraction of sp³-hybridized carbons (Fsp3) is 0.395. The molecule has 0 spiro atoms. The van der Waals surface area contributed by atoms with Crippen LogP contribution in [0.4, 0.5) is 10.6 Å². The number of amides is 3. The van der Waals surface area contributed by atoms with E-state index >= 15 is 0 Å². The van der Waals surface area contributed by atoms with Crippen molar-refractivity contribution < 1.29 is 33.8 Å². The van der Waals surface area contributed by atoms with Gasteiger partial charge in [0.25, 0.3) is 0 Å². The number of phenolic OH excluding ortho intramolecular Hbond substituents is 1. The Bertz CT molecular complexity index is 1700. The topological polar surface area (TPSA) is 147 Å². The number of rotatable bonds is 12. The van der Waals surface area contributed by atoms with Crippen LogP contribution in [0.2, 0.25) is 0 Å². The summed E-state index contributed by atoms with van der Waals surface area (Å²) in [6.07, 6.45) is 6.36. The molecule has 1 aromatic heterocycles. The van der Waals surface area contributed by atoms with Gasteiger partial charge in [0.05, 0.1) is 26.1 Å². The lowest BCUT2D eigenvalue weighted by Gasteiger charge is -2.27. The Hall–Kier alpha value is -5.19. The summed E-state index contributed by atoms with van der Waals surface area (Å²) in [4.78, 5) is 56.5. The first-order valence-corrected chi connectivity index (χ1v) is 16.4. The maximum absolute atomic E-state index is 12.9. The number of carbonyl (C=O) groups is 4. The fourth-order valence-electron chi connectivity index (χ4n) is 5.57. The Morgan fingerprint density at radius 1 is 1.06 bits per heavy atom. The van der Waals surface area contributed by atoms with Gasteiger partial charge in [0, 0.05) is 19.2 Å². The highest BCUT2D eigenvalue weighted by atomic mass is 16.6. The minimum atomic E-state index is -0.709. The Labute approximate surface area is 287 Å². The molecular formula is C38H46N4O7. The molecule has 0 aliphatic heterocycles. The summed E-state index contributed by atoms with van der Waals surface area (Å²) in [6.45, 7) is 9.23. The first-order chi connectivity index (χ1) is 23.2. The van der Waals surface area contributed by atoms with Crippen molar-refractivity contribution in [2.24, 2.45) is 5.92 Å². The van der Waals surface area contributed by atoms with Gasteiger partial charge < -0.3 is 25.2 Å². The Kier molecular flexibility index (Phi) is 12.2. The van der Waals surface area contributed by atoms with Gasteiger partial charge in [-0.25, -0.2) is 9.78 Å². The second-order valence-electron chi connectivity index (χ2n) is 13.3. The van der Waals surface area contributed by atoms with Crippen LogP contribution in [-0.2, 0) is 30.3 Å². The number of ether oxygens (including phenoxy) is 2. The van der Waals surface area contributed by atoms with E-state index in [1.807, 2.05) is 37.3 Å². The van der Waals surface area contributed by atoms with Crippen molar-refractivity contribution in [3.05, 3.63) is 83.1 Å². The van der Waals surface area contributed by atoms with Gasteiger partial charge in [0.1, 0.15) is 17.2 Å². The lowest BCUT2D eigenvalue weighted by molar-refractivity contribution is -0.141. The van der Waals surface area contributed by atoms with E-state index in [1.54, 1.807) is 45.2 Å². The van der Waals surface area contributed by atoms with Crippen LogP contribution < -0.4 is 15.5 Å². The van der Waals surface area contributed by atoms with Crippen molar-refractivity contribution >= 4 is 35.8 Å². The summed E-state index contributed by atoms with van der Waals surface area (Å²) in [5, 5.41) is 15.8. The van der Waals surface area contributed by atoms with E-state index in [9.17, 15) is 24.3 Å². The zero-order valence-corrected chi connectivity index (χ0v) is 29.0. The SMILES string of the molecule is COC(=O)C[C@H](NC(=O)CNC(=O)CCCN(C(=O)OC(C)(C)C)c1cc(C)ccn1)c1ccc(-c2cc(O)cc3c2C=CC(C)C3)cc1. The van der Waals surface area contributed by atoms with Crippen LogP contribution in [0.25, 0.3) is 17.2 Å². The molecule has 0 saturated heterocycles. The first-order valence-electron chi connectivity index (χ1n) is 16.4. The molecule has 49 heavy (non-hydrogen) atoms. The van der Waals surface area contributed by atoms with Gasteiger partial charge in [-0.05, 0) is 104 Å². The zero-order valence-electron chi connectivity index (χ0n) is 29.0. The highest BCUT2D eigenvalue weighted by Crippen LogP contribution is 2.36. The normalized spacial score (nSPS) is 14.3. The van der Waals surface area contributed by atoms with E-state index in [1.165, 1.54) is 12.0 Å². The van der Waals surface area contributed by atoms with Crippen molar-refractivity contribution in [2.45, 2.75) is 71.9 Å². The van der Waals surface area contributed by atoms with Gasteiger partial charge in [-0.15, -0.1) is 0 Å². The molecule has 3 N–H and O–H groups in total. The molecule has 0 saturated carbocycles. The highest BCUT2D eigenvalue weighted by Gasteiger charge is 2.25. The number of anilines is 1. The number of benzene rings is 2. The number of hydrogen-bond acceptors (Lipinski definition) is 8. The number of esters is 1. The van der Waals surface area contributed by atoms with Gasteiger partial charge >= 0.3 is 12.1 Å². The summed E-state index contributed by atoms with van der Waals surface area (Å²) in [5.74, 6) is -0.353. The molecule has 3 aromatic rings. The Morgan fingerprint density at radius 2 is 1.80 bits per heavy atom. The predicted molar refractivity (Wildman–Crippen MR) is 188 cm³/mol. The molecule has 260 valence electrons. The minimum absolute atomic E-state index is 0.0539. The standard InChI is InChI=1S/C38H46N4O7/c1-24-9-14-30-28(18-24)20-29(43)21-31(30)26-10-12-27(13-11-26)32(22-36(46)48-6)41-35(45)23-40-34(44)8-7-17-42(37(47)49-38(3,4)5)33-19-25(2)15-16-39-33/h9-16,19-21,24,32,43H,7-8,17-18,22-23H2,1-6H3,(H,40,44)(H,41,45)/t24?,32-/m0/s1. The number of hydrogen-bond donors (Lipinski definition) is 3. The van der Waals surface area contributed by atoms with Crippen LogP contribution in [0.3, 0.4) is 0 Å². The Morgan fingerprint density at radius 3 is 2.47 bits per heavy atom. The number of methoxy groups -OCH3 is 1. The van der Waals surface area contributed by atoms with E-state index in [0.717, 1.165) is 34.2 Å². The predicted octanol–water partition coefficient (Wildman–Crippen LogP) is 6.03. The van der Waals surface area contributed by atoms with E-state index < -0.39 is 29.6 Å². The number of aromatic hydroxyl groups is 1. The van der Waals surface area contributed by atoms with Crippen LogP contribution in [-0.4, -0.2) is 59.8 Å². The number of fused-ring (bicyclic) bond motifs is 1. The molecule has 11 heteroatoms. The molecule has 2 aromatic carbocycles. The smallest absolute Gasteiger partial charge is 0.416 e. The zero-order chi connectivity index (χ0) is 35.7. The molecule has 0 bridgehead atoms. The van der Waals surface area contributed by atoms with Gasteiger partial charge in [-0.1, -0.05) is 43.3 Å². The molecule has 1 aliphatic carbocycles. The molecule has 1 aliphatic rings. The number of pyridine rings is 1. The third-order valence-corrected chi connectivity index (χ3v) is 7.96. The number of phenols is 1. The molecule has 1 heterocycles. The van der Waals surface area contributed by atoms with Crippen LogP contribution in [0.15, 0.2) is 60.8 Å². The minimum Gasteiger partial charge on any atom is -0.508 e. The molecular weight excluding hydrogens is 624 g/mol. The van der Waals surface area contributed by atoms with Gasteiger partial charge in [0.2, 0.25) is 11.8 Å². The molecule has 2 atom stereocenters. The number of carbonyl (C=O) groups excluding carboxylic acids is 4. The summed E-state index contributed by atoms with van der Waals surface area (Å²) < 4.78 is 10.4. The molecule has 11 nitrogen and oxygen atoms in total. The maximum atomic E-state index is 12.9. The number of allylic oxidation sites excluding steroid dienone is 1. The quantitative estimate of drug-likeness (QED) is 0.198. The van der Waals surface area contributed by atoms with Gasteiger partial charge in [0.15, 0.2) is 0 Å². The second-order valence-corrected chi connectivity index (χ2v) is 13.3. The average Bonchev–Trinajstić information content (AvgIpc) is 3.04. The number of aromatic nitrogens is 1. The molecule has 0 radical (unpaired) electrons. The monoisotopic (exact) mass is 670 g/mol. The summed E-state index contributed by atoms with van der Waals surface area (Å²) >= 11 is 0. The van der Waals surface area contributed by atoms with Crippen LogP contribution in [0, 0.1) is 12.8 Å². The first kappa shape index (κ1) is 36.6. The van der Waals surface area contributed by atoms with Crippen molar-refractivity contribution in [1.29, 1.82) is 0 Å². The van der Waals surface area contributed by atoms with E-state index in [0.29, 0.717) is 23.7 Å². The fourth-order valence-corrected chi connectivity index (χ4v) is 5.57. The van der Waals surface area contributed by atoms with E-state index in [-0.39, 0.29) is 37.6 Å². The van der Waals surface area contributed by atoms with Gasteiger partial charge in [-0.3, -0.25) is 19.3 Å². The van der Waals surface area contributed by atoms with Crippen molar-refractivity contribution in [3.63, 3.8) is 0 Å². The summed E-state index contributed by atoms with van der Waals surface area (Å²) in [5.41, 5.74) is 4.81. The molecule has 4 rings (SSSR count). The summed E-state index contributed by atoms with van der Waals surface area (Å²) in [6, 6.07) is 13.9. The largest absolute Gasteiger partial charge is 0.508 e. The lowest BCUT2D eigenvalue weighted by Crippen LogP contribution is -2.40. The molecule has 3 amide bonds.